The Morgan fingerprint density at radius 3 is 2.55 bits per heavy atom. The second kappa shape index (κ2) is 3.00. The molecule has 1 rings (SSSR count). The highest BCUT2D eigenvalue weighted by Gasteiger charge is 2.03. The molecule has 0 spiro atoms. The van der Waals surface area contributed by atoms with Crippen molar-refractivity contribution in [1.82, 2.24) is 14.8 Å². The number of hydrogen-bond donors (Lipinski definition) is 1. The van der Waals surface area contributed by atoms with Crippen molar-refractivity contribution in [2.75, 3.05) is 0 Å². The van der Waals surface area contributed by atoms with Crippen molar-refractivity contribution in [2.24, 2.45) is 5.73 Å². The molecule has 1 aromatic heterocycles. The SMILES string of the molecule is Cc1nc(C)n(CC(C)N)n1. The Balaban J connectivity index is 2.77. The van der Waals surface area contributed by atoms with E-state index in [4.69, 9.17) is 5.73 Å². The highest BCUT2D eigenvalue weighted by molar-refractivity contribution is 4.87. The summed E-state index contributed by atoms with van der Waals surface area (Å²) in [6.07, 6.45) is 0. The summed E-state index contributed by atoms with van der Waals surface area (Å²) in [6.45, 7) is 6.51. The third kappa shape index (κ3) is 2.01. The van der Waals surface area contributed by atoms with E-state index in [1.165, 1.54) is 0 Å². The summed E-state index contributed by atoms with van der Waals surface area (Å²) in [5, 5.41) is 4.18. The third-order valence-electron chi connectivity index (χ3n) is 1.42. The van der Waals surface area contributed by atoms with Crippen LogP contribution in [0, 0.1) is 13.8 Å². The number of aryl methyl sites for hydroxylation is 2. The maximum Gasteiger partial charge on any atom is 0.147 e. The summed E-state index contributed by atoms with van der Waals surface area (Å²) in [4.78, 5) is 4.16. The van der Waals surface area contributed by atoms with Crippen LogP contribution in [0.25, 0.3) is 0 Å². The molecular weight excluding hydrogens is 140 g/mol. The number of aromatic nitrogens is 3. The minimum Gasteiger partial charge on any atom is -0.326 e. The number of nitrogens with zero attached hydrogens (tertiary/aromatic N) is 3. The lowest BCUT2D eigenvalue weighted by Crippen LogP contribution is -2.23. The molecule has 0 saturated heterocycles. The molecule has 0 aromatic carbocycles. The van der Waals surface area contributed by atoms with E-state index in [1.807, 2.05) is 25.5 Å². The predicted octanol–water partition coefficient (Wildman–Crippen LogP) is 0.242. The summed E-state index contributed by atoms with van der Waals surface area (Å²) >= 11 is 0. The molecule has 0 saturated carbocycles. The molecule has 11 heavy (non-hydrogen) atoms. The number of nitrogens with two attached hydrogens (primary N) is 1. The first kappa shape index (κ1) is 8.20. The van der Waals surface area contributed by atoms with E-state index >= 15 is 0 Å². The first-order valence-corrected chi connectivity index (χ1v) is 3.73. The third-order valence-corrected chi connectivity index (χ3v) is 1.42. The van der Waals surface area contributed by atoms with Gasteiger partial charge in [-0.2, -0.15) is 5.10 Å². The average Bonchev–Trinajstić information content (AvgIpc) is 2.09. The number of hydrogen-bond acceptors (Lipinski definition) is 3. The molecule has 1 atom stereocenters. The van der Waals surface area contributed by atoms with Crippen molar-refractivity contribution in [1.29, 1.82) is 0 Å². The summed E-state index contributed by atoms with van der Waals surface area (Å²) in [6, 6.07) is 0.134. The van der Waals surface area contributed by atoms with Gasteiger partial charge in [0.05, 0.1) is 6.54 Å². The molecule has 1 heterocycles. The van der Waals surface area contributed by atoms with Gasteiger partial charge in [0, 0.05) is 6.04 Å². The zero-order valence-corrected chi connectivity index (χ0v) is 7.20. The van der Waals surface area contributed by atoms with Gasteiger partial charge in [0.1, 0.15) is 11.6 Å². The minimum absolute atomic E-state index is 0.134. The molecule has 0 fully saturated rings. The normalized spacial score (nSPS) is 13.5. The lowest BCUT2D eigenvalue weighted by molar-refractivity contribution is 0.523. The highest BCUT2D eigenvalue weighted by Crippen LogP contribution is 1.96. The van der Waals surface area contributed by atoms with Gasteiger partial charge in [0.25, 0.3) is 0 Å². The van der Waals surface area contributed by atoms with Gasteiger partial charge in [-0.3, -0.25) is 0 Å². The van der Waals surface area contributed by atoms with Crippen LogP contribution in [0.3, 0.4) is 0 Å². The van der Waals surface area contributed by atoms with E-state index in [0.717, 1.165) is 18.2 Å². The van der Waals surface area contributed by atoms with E-state index in [9.17, 15) is 0 Å². The molecule has 1 unspecified atom stereocenters. The van der Waals surface area contributed by atoms with Crippen LogP contribution in [0.15, 0.2) is 0 Å². The molecule has 4 nitrogen and oxygen atoms in total. The van der Waals surface area contributed by atoms with Crippen LogP contribution in [0.1, 0.15) is 18.6 Å². The lowest BCUT2D eigenvalue weighted by atomic mass is 10.4. The van der Waals surface area contributed by atoms with Crippen LogP contribution in [0.4, 0.5) is 0 Å². The molecule has 0 aliphatic carbocycles. The van der Waals surface area contributed by atoms with E-state index in [2.05, 4.69) is 10.1 Å². The molecule has 0 radical (unpaired) electrons. The second-order valence-electron chi connectivity index (χ2n) is 2.87. The average molecular weight is 154 g/mol. The molecular formula is C7H14N4. The van der Waals surface area contributed by atoms with Gasteiger partial charge in [-0.1, -0.05) is 0 Å². The van der Waals surface area contributed by atoms with Crippen molar-refractivity contribution in [2.45, 2.75) is 33.4 Å². The zero-order chi connectivity index (χ0) is 8.43. The summed E-state index contributed by atoms with van der Waals surface area (Å²) in [5.41, 5.74) is 5.61. The molecule has 0 amide bonds. The van der Waals surface area contributed by atoms with Crippen LogP contribution in [0.5, 0.6) is 0 Å². The Kier molecular flexibility index (Phi) is 2.24. The van der Waals surface area contributed by atoms with Crippen LogP contribution in [0.2, 0.25) is 0 Å². The first-order chi connectivity index (χ1) is 5.09. The van der Waals surface area contributed by atoms with E-state index < -0.39 is 0 Å². The van der Waals surface area contributed by atoms with Gasteiger partial charge in [-0.05, 0) is 20.8 Å². The Morgan fingerprint density at radius 1 is 1.55 bits per heavy atom. The van der Waals surface area contributed by atoms with E-state index in [1.54, 1.807) is 0 Å². The predicted molar refractivity (Wildman–Crippen MR) is 43.1 cm³/mol. The van der Waals surface area contributed by atoms with Gasteiger partial charge in [-0.15, -0.1) is 0 Å². The standard InChI is InChI=1S/C7H14N4/c1-5(8)4-11-7(3)9-6(2)10-11/h5H,4,8H2,1-3H3. The molecule has 0 bridgehead atoms. The van der Waals surface area contributed by atoms with E-state index in [0.29, 0.717) is 0 Å². The van der Waals surface area contributed by atoms with Crippen molar-refractivity contribution in [3.8, 4) is 0 Å². The van der Waals surface area contributed by atoms with Gasteiger partial charge < -0.3 is 5.73 Å². The smallest absolute Gasteiger partial charge is 0.147 e. The minimum atomic E-state index is 0.134. The van der Waals surface area contributed by atoms with Crippen molar-refractivity contribution in [3.63, 3.8) is 0 Å². The fraction of sp³-hybridized carbons (Fsp3) is 0.714. The maximum atomic E-state index is 5.61. The molecule has 0 aliphatic heterocycles. The lowest BCUT2D eigenvalue weighted by Gasteiger charge is -2.04. The van der Waals surface area contributed by atoms with Crippen LogP contribution in [-0.2, 0) is 6.54 Å². The van der Waals surface area contributed by atoms with Crippen LogP contribution >= 0.6 is 0 Å². The fourth-order valence-corrected chi connectivity index (χ4v) is 1.01. The highest BCUT2D eigenvalue weighted by atomic mass is 15.3. The van der Waals surface area contributed by atoms with Gasteiger partial charge >= 0.3 is 0 Å². The first-order valence-electron chi connectivity index (χ1n) is 3.73. The second-order valence-corrected chi connectivity index (χ2v) is 2.87. The largest absolute Gasteiger partial charge is 0.326 e. The van der Waals surface area contributed by atoms with Crippen molar-refractivity contribution < 1.29 is 0 Å². The quantitative estimate of drug-likeness (QED) is 0.664. The molecule has 62 valence electrons. The Bertz CT molecular complexity index is 239. The molecule has 1 aromatic rings. The number of rotatable bonds is 2. The van der Waals surface area contributed by atoms with Gasteiger partial charge in [-0.25, -0.2) is 9.67 Å². The molecule has 0 aliphatic rings. The summed E-state index contributed by atoms with van der Waals surface area (Å²) in [7, 11) is 0. The topological polar surface area (TPSA) is 56.7 Å². The Morgan fingerprint density at radius 2 is 2.18 bits per heavy atom. The molecule has 2 N–H and O–H groups in total. The monoisotopic (exact) mass is 154 g/mol. The van der Waals surface area contributed by atoms with Crippen molar-refractivity contribution in [3.05, 3.63) is 11.6 Å². The maximum absolute atomic E-state index is 5.61. The summed E-state index contributed by atoms with van der Waals surface area (Å²) in [5.74, 6) is 1.74. The van der Waals surface area contributed by atoms with Gasteiger partial charge in [0.2, 0.25) is 0 Å². The van der Waals surface area contributed by atoms with Crippen LogP contribution < -0.4 is 5.73 Å². The fourth-order valence-electron chi connectivity index (χ4n) is 1.01. The zero-order valence-electron chi connectivity index (χ0n) is 7.20. The van der Waals surface area contributed by atoms with Crippen LogP contribution in [-0.4, -0.2) is 20.8 Å². The molecule has 4 heteroatoms. The van der Waals surface area contributed by atoms with Gasteiger partial charge in [0.15, 0.2) is 0 Å². The Hall–Kier alpha value is -0.900. The van der Waals surface area contributed by atoms with E-state index in [-0.39, 0.29) is 6.04 Å². The Labute approximate surface area is 66.4 Å². The summed E-state index contributed by atoms with van der Waals surface area (Å²) < 4.78 is 1.83. The van der Waals surface area contributed by atoms with Crippen molar-refractivity contribution >= 4 is 0 Å².